The molecular formula is C45H30N4. The average Bonchev–Trinajstić information content (AvgIpc) is 3.63. The molecule has 7 aromatic carbocycles. The molecule has 4 heteroatoms. The fourth-order valence-corrected chi connectivity index (χ4v) is 6.20. The first-order valence-electron chi connectivity index (χ1n) is 20.2. The molecule has 0 spiro atoms. The molecule has 0 fully saturated rings. The predicted molar refractivity (Wildman–Crippen MR) is 201 cm³/mol. The summed E-state index contributed by atoms with van der Waals surface area (Å²) in [6.45, 7) is 0. The van der Waals surface area contributed by atoms with Crippen LogP contribution < -0.4 is 0 Å². The van der Waals surface area contributed by atoms with E-state index >= 15 is 0 Å². The molecule has 2 heterocycles. The Kier molecular flexibility index (Phi) is 5.11. The zero-order valence-corrected chi connectivity index (χ0v) is 25.9. The number of hydrogen-bond donors (Lipinski definition) is 0. The summed E-state index contributed by atoms with van der Waals surface area (Å²) in [6.07, 6.45) is 0. The summed E-state index contributed by atoms with van der Waals surface area (Å²) < 4.78 is 79.2. The van der Waals surface area contributed by atoms with Crippen molar-refractivity contribution in [2.24, 2.45) is 0 Å². The normalized spacial score (nSPS) is 13.8. The van der Waals surface area contributed by atoms with Crippen molar-refractivity contribution in [1.82, 2.24) is 19.5 Å². The van der Waals surface area contributed by atoms with Gasteiger partial charge >= 0.3 is 0 Å². The highest BCUT2D eigenvalue weighted by atomic mass is 15.0. The third kappa shape index (κ3) is 5.26. The Bertz CT molecular complexity index is 3010. The predicted octanol–water partition coefficient (Wildman–Crippen LogP) is 11.3. The minimum atomic E-state index is -0.525. The molecule has 0 unspecified atom stereocenters. The van der Waals surface area contributed by atoms with Crippen molar-refractivity contribution < 1.29 is 12.3 Å². The summed E-state index contributed by atoms with van der Waals surface area (Å²) in [4.78, 5) is 14.6. The molecule has 0 bridgehead atoms. The summed E-state index contributed by atoms with van der Waals surface area (Å²) in [5.74, 6) is 1.62. The zero-order valence-electron chi connectivity index (χ0n) is 34.9. The highest BCUT2D eigenvalue weighted by Crippen LogP contribution is 2.39. The Balaban J connectivity index is 1.19. The molecule has 0 atom stereocenters. The van der Waals surface area contributed by atoms with Crippen LogP contribution in [0.2, 0.25) is 0 Å². The van der Waals surface area contributed by atoms with E-state index < -0.39 is 42.3 Å². The van der Waals surface area contributed by atoms with Crippen LogP contribution in [-0.2, 0) is 0 Å². The molecule has 0 aliphatic heterocycles. The second-order valence-electron chi connectivity index (χ2n) is 11.4. The molecule has 230 valence electrons. The summed E-state index contributed by atoms with van der Waals surface area (Å²) in [5, 5.41) is 0.532. The van der Waals surface area contributed by atoms with E-state index in [-0.39, 0.29) is 34.1 Å². The van der Waals surface area contributed by atoms with Gasteiger partial charge in [0.25, 0.3) is 0 Å². The molecule has 0 saturated carbocycles. The Morgan fingerprint density at radius 2 is 0.980 bits per heavy atom. The number of aromatic nitrogens is 4. The molecule has 49 heavy (non-hydrogen) atoms. The molecule has 4 nitrogen and oxygen atoms in total. The number of benzene rings is 7. The number of nitrogens with zero attached hydrogens (tertiary/aromatic N) is 4. The maximum Gasteiger partial charge on any atom is 0.164 e. The summed E-state index contributed by atoms with van der Waals surface area (Å²) in [5.41, 5.74) is 5.78. The SMILES string of the molecule is [2H]c1c([2H])c([2H])c(-c2cccc3c2c2c([2H])c([2H])c([2H])c([2H])c2n3-c2ccc(-c3cccc(-c4nc(-c5ccccc5)nc(-c5ccccc5)n4)c3)cc2)c([2H])c1[2H]. The van der Waals surface area contributed by atoms with Crippen LogP contribution in [0.3, 0.4) is 0 Å². The Morgan fingerprint density at radius 3 is 1.67 bits per heavy atom. The van der Waals surface area contributed by atoms with Crippen LogP contribution in [0.15, 0.2) is 182 Å². The second-order valence-corrected chi connectivity index (χ2v) is 11.4. The molecule has 0 amide bonds. The fraction of sp³-hybridized carbons (Fsp3) is 0. The van der Waals surface area contributed by atoms with Gasteiger partial charge in [0.2, 0.25) is 0 Å². The monoisotopic (exact) mass is 635 g/mol. The minimum Gasteiger partial charge on any atom is -0.309 e. The Hall–Kier alpha value is -6.65. The van der Waals surface area contributed by atoms with Gasteiger partial charge in [-0.3, -0.25) is 0 Å². The summed E-state index contributed by atoms with van der Waals surface area (Å²) in [7, 11) is 0. The van der Waals surface area contributed by atoms with Gasteiger partial charge in [0.05, 0.1) is 23.4 Å². The van der Waals surface area contributed by atoms with E-state index in [9.17, 15) is 0 Å². The van der Waals surface area contributed by atoms with Gasteiger partial charge in [0, 0.05) is 33.2 Å². The number of rotatable bonds is 6. The maximum absolute atomic E-state index is 9.04. The van der Waals surface area contributed by atoms with Gasteiger partial charge in [-0.1, -0.05) is 151 Å². The van der Waals surface area contributed by atoms with E-state index in [2.05, 4.69) is 0 Å². The van der Waals surface area contributed by atoms with Crippen molar-refractivity contribution in [3.05, 3.63) is 182 Å². The number of para-hydroxylation sites is 1. The van der Waals surface area contributed by atoms with Crippen molar-refractivity contribution in [3.63, 3.8) is 0 Å². The first-order valence-corrected chi connectivity index (χ1v) is 15.7. The standard InChI is InChI=1S/C45H30N4/c1-4-14-32(15-5-1)38-23-13-25-41-42(38)39-22-10-11-24-40(39)49(41)37-28-26-31(27-29-37)35-20-12-21-36(30-35)45-47-43(33-16-6-2-7-17-33)46-44(48-45)34-18-8-3-9-19-34/h1-30H/i1D,4D,5D,10D,11D,14D,15D,22D,24D. The van der Waals surface area contributed by atoms with Crippen molar-refractivity contribution >= 4 is 21.8 Å². The molecule has 0 saturated heterocycles. The van der Waals surface area contributed by atoms with Gasteiger partial charge < -0.3 is 4.57 Å². The van der Waals surface area contributed by atoms with Crippen molar-refractivity contribution in [2.45, 2.75) is 0 Å². The molecule has 0 aliphatic carbocycles. The molecule has 2 aromatic heterocycles. The first-order chi connectivity index (χ1) is 28.0. The summed E-state index contributed by atoms with van der Waals surface area (Å²) in [6, 6.07) is 36.3. The van der Waals surface area contributed by atoms with Gasteiger partial charge in [-0.2, -0.15) is 0 Å². The highest BCUT2D eigenvalue weighted by molar-refractivity contribution is 6.15. The quantitative estimate of drug-likeness (QED) is 0.183. The van der Waals surface area contributed by atoms with Gasteiger partial charge in [-0.25, -0.2) is 15.0 Å². The molecule has 0 aliphatic rings. The lowest BCUT2D eigenvalue weighted by Crippen LogP contribution is -2.00. The van der Waals surface area contributed by atoms with Gasteiger partial charge in [-0.05, 0) is 52.6 Å². The molecular weight excluding hydrogens is 597 g/mol. The molecule has 0 N–H and O–H groups in total. The van der Waals surface area contributed by atoms with Gasteiger partial charge in [0.15, 0.2) is 17.5 Å². The average molecular weight is 636 g/mol. The summed E-state index contributed by atoms with van der Waals surface area (Å²) >= 11 is 0. The fourth-order valence-electron chi connectivity index (χ4n) is 6.20. The second kappa shape index (κ2) is 12.2. The topological polar surface area (TPSA) is 43.6 Å². The van der Waals surface area contributed by atoms with E-state index in [4.69, 9.17) is 27.3 Å². The van der Waals surface area contributed by atoms with Gasteiger partial charge in [-0.15, -0.1) is 0 Å². The van der Waals surface area contributed by atoms with Crippen LogP contribution in [0.4, 0.5) is 0 Å². The molecule has 9 aromatic rings. The largest absolute Gasteiger partial charge is 0.309 e. The van der Waals surface area contributed by atoms with Crippen LogP contribution in [0.1, 0.15) is 12.3 Å². The lowest BCUT2D eigenvalue weighted by molar-refractivity contribution is 1.07. The van der Waals surface area contributed by atoms with E-state index in [1.807, 2.05) is 109 Å². The van der Waals surface area contributed by atoms with E-state index in [0.717, 1.165) is 27.8 Å². The van der Waals surface area contributed by atoms with Crippen LogP contribution in [0, 0.1) is 0 Å². The van der Waals surface area contributed by atoms with Crippen LogP contribution >= 0.6 is 0 Å². The third-order valence-corrected chi connectivity index (χ3v) is 8.47. The van der Waals surface area contributed by atoms with E-state index in [0.29, 0.717) is 34.1 Å². The van der Waals surface area contributed by atoms with Crippen LogP contribution in [-0.4, -0.2) is 19.5 Å². The van der Waals surface area contributed by atoms with E-state index in [1.54, 1.807) is 22.8 Å². The van der Waals surface area contributed by atoms with E-state index in [1.165, 1.54) is 0 Å². The maximum atomic E-state index is 9.04. The number of fused-ring (bicyclic) bond motifs is 3. The Labute approximate surface area is 297 Å². The molecule has 0 radical (unpaired) electrons. The highest BCUT2D eigenvalue weighted by Gasteiger charge is 2.16. The van der Waals surface area contributed by atoms with Crippen LogP contribution in [0.5, 0.6) is 0 Å². The number of hydrogen-bond acceptors (Lipinski definition) is 3. The zero-order chi connectivity index (χ0) is 40.4. The Morgan fingerprint density at radius 1 is 0.408 bits per heavy atom. The lowest BCUT2D eigenvalue weighted by Gasteiger charge is -2.11. The lowest BCUT2D eigenvalue weighted by atomic mass is 9.99. The van der Waals surface area contributed by atoms with Crippen molar-refractivity contribution in [1.29, 1.82) is 0 Å². The molecule has 9 rings (SSSR count). The smallest absolute Gasteiger partial charge is 0.164 e. The van der Waals surface area contributed by atoms with Crippen LogP contribution in [0.25, 0.3) is 83.9 Å². The van der Waals surface area contributed by atoms with Crippen molar-refractivity contribution in [3.8, 4) is 62.1 Å². The van der Waals surface area contributed by atoms with Gasteiger partial charge in [0.1, 0.15) is 0 Å². The third-order valence-electron chi connectivity index (χ3n) is 8.47. The minimum absolute atomic E-state index is 0.0525. The first kappa shape index (κ1) is 20.6. The van der Waals surface area contributed by atoms with Crippen molar-refractivity contribution in [2.75, 3.05) is 0 Å².